The maximum Gasteiger partial charge on any atom is 0.357 e. The fraction of sp³-hybridized carbons (Fsp3) is 0.222. The molecule has 12 nitrogen and oxygen atoms in total. The first kappa shape index (κ1) is 33.9. The molecule has 248 valence electrons. The van der Waals surface area contributed by atoms with Crippen LogP contribution in [0.2, 0.25) is 0 Å². The fourth-order valence-electron chi connectivity index (χ4n) is 4.68. The second-order valence-electron chi connectivity index (χ2n) is 10.7. The maximum atomic E-state index is 13.0. The standard InChI is InChI=1S/C36H36N4O8/c41-33(29-13-5-1-6-14-29)45-37-21-23-38(46-34(42)30-15-7-2-8-16-30)25-27-40(48-36(44)32-19-11-4-12-20-32)28-26-39(24-22-37)47-35(43)31-17-9-3-10-18-31/h1-20H,21-28H2. The molecule has 1 aliphatic rings. The Hall–Kier alpha value is -5.40. The maximum absolute atomic E-state index is 13.0. The highest BCUT2D eigenvalue weighted by Gasteiger charge is 2.25. The van der Waals surface area contributed by atoms with Gasteiger partial charge in [0.15, 0.2) is 0 Å². The van der Waals surface area contributed by atoms with Gasteiger partial charge in [0.05, 0.1) is 74.6 Å². The van der Waals surface area contributed by atoms with Crippen molar-refractivity contribution in [1.29, 1.82) is 0 Å². The quantitative estimate of drug-likeness (QED) is 0.270. The molecule has 4 aromatic carbocycles. The second-order valence-corrected chi connectivity index (χ2v) is 10.7. The summed E-state index contributed by atoms with van der Waals surface area (Å²) < 4.78 is 0. The lowest BCUT2D eigenvalue weighted by molar-refractivity contribution is -0.188. The normalized spacial score (nSPS) is 15.7. The van der Waals surface area contributed by atoms with Crippen LogP contribution in [0.1, 0.15) is 41.4 Å². The van der Waals surface area contributed by atoms with Crippen LogP contribution in [0, 0.1) is 0 Å². The van der Waals surface area contributed by atoms with E-state index in [1.54, 1.807) is 121 Å². The Bertz CT molecular complexity index is 1370. The van der Waals surface area contributed by atoms with E-state index in [-0.39, 0.29) is 52.4 Å². The molecule has 1 aliphatic heterocycles. The van der Waals surface area contributed by atoms with Gasteiger partial charge in [0.1, 0.15) is 0 Å². The van der Waals surface area contributed by atoms with Gasteiger partial charge >= 0.3 is 23.9 Å². The molecule has 0 aromatic heterocycles. The van der Waals surface area contributed by atoms with Crippen LogP contribution in [-0.2, 0) is 19.4 Å². The van der Waals surface area contributed by atoms with Crippen molar-refractivity contribution in [3.63, 3.8) is 0 Å². The molecule has 0 unspecified atom stereocenters. The van der Waals surface area contributed by atoms with Crippen molar-refractivity contribution in [2.75, 3.05) is 52.4 Å². The van der Waals surface area contributed by atoms with Crippen LogP contribution in [0.25, 0.3) is 0 Å². The van der Waals surface area contributed by atoms with Gasteiger partial charge in [0.25, 0.3) is 0 Å². The molecule has 0 aliphatic carbocycles. The molecule has 0 spiro atoms. The second kappa shape index (κ2) is 17.5. The molecule has 5 rings (SSSR count). The molecule has 0 amide bonds. The smallest absolute Gasteiger partial charge is 0.357 e. The molecule has 0 N–H and O–H groups in total. The van der Waals surface area contributed by atoms with E-state index in [4.69, 9.17) is 19.4 Å². The molecular weight excluding hydrogens is 616 g/mol. The van der Waals surface area contributed by atoms with Gasteiger partial charge in [-0.3, -0.25) is 0 Å². The minimum absolute atomic E-state index is 0.130. The Kier molecular flexibility index (Phi) is 12.4. The van der Waals surface area contributed by atoms with Crippen LogP contribution in [-0.4, -0.2) is 96.5 Å². The number of hydrogen-bond acceptors (Lipinski definition) is 12. The van der Waals surface area contributed by atoms with Crippen LogP contribution in [0.4, 0.5) is 0 Å². The minimum atomic E-state index is -0.567. The summed E-state index contributed by atoms with van der Waals surface area (Å²) >= 11 is 0. The van der Waals surface area contributed by atoms with Crippen molar-refractivity contribution in [3.8, 4) is 0 Å². The van der Waals surface area contributed by atoms with E-state index in [1.165, 1.54) is 20.3 Å². The summed E-state index contributed by atoms with van der Waals surface area (Å²) in [7, 11) is 0. The van der Waals surface area contributed by atoms with E-state index in [2.05, 4.69) is 0 Å². The molecular formula is C36H36N4O8. The zero-order valence-electron chi connectivity index (χ0n) is 26.3. The number of nitrogens with zero attached hydrogens (tertiary/aromatic N) is 4. The lowest BCUT2D eigenvalue weighted by Crippen LogP contribution is -2.47. The lowest BCUT2D eigenvalue weighted by Gasteiger charge is -2.31. The van der Waals surface area contributed by atoms with Crippen LogP contribution >= 0.6 is 0 Å². The largest absolute Gasteiger partial charge is 0.364 e. The average Bonchev–Trinajstić information content (AvgIpc) is 3.13. The highest BCUT2D eigenvalue weighted by Crippen LogP contribution is 2.11. The van der Waals surface area contributed by atoms with Gasteiger partial charge in [-0.15, -0.1) is 20.3 Å². The molecule has 1 fully saturated rings. The first-order valence-electron chi connectivity index (χ1n) is 15.5. The van der Waals surface area contributed by atoms with Crippen LogP contribution in [0.3, 0.4) is 0 Å². The van der Waals surface area contributed by atoms with Crippen molar-refractivity contribution < 1.29 is 38.5 Å². The van der Waals surface area contributed by atoms with E-state index >= 15 is 0 Å². The summed E-state index contributed by atoms with van der Waals surface area (Å²) in [5, 5.41) is 5.77. The Morgan fingerprint density at radius 1 is 0.312 bits per heavy atom. The third-order valence-corrected chi connectivity index (χ3v) is 7.28. The van der Waals surface area contributed by atoms with E-state index in [0.717, 1.165) is 0 Å². The Balaban J connectivity index is 1.36. The highest BCUT2D eigenvalue weighted by atomic mass is 16.7. The van der Waals surface area contributed by atoms with Crippen molar-refractivity contribution in [2.24, 2.45) is 0 Å². The molecule has 12 heteroatoms. The molecule has 0 atom stereocenters. The number of hydroxylamine groups is 8. The van der Waals surface area contributed by atoms with Crippen LogP contribution < -0.4 is 0 Å². The number of hydrogen-bond donors (Lipinski definition) is 0. The van der Waals surface area contributed by atoms with Gasteiger partial charge in [-0.2, -0.15) is 0 Å². The molecule has 48 heavy (non-hydrogen) atoms. The molecule has 1 heterocycles. The fourth-order valence-corrected chi connectivity index (χ4v) is 4.68. The summed E-state index contributed by atoms with van der Waals surface area (Å²) in [6, 6.07) is 34.2. The topological polar surface area (TPSA) is 118 Å². The monoisotopic (exact) mass is 652 g/mol. The van der Waals surface area contributed by atoms with E-state index in [9.17, 15) is 19.2 Å². The zero-order valence-corrected chi connectivity index (χ0v) is 26.3. The van der Waals surface area contributed by atoms with Gasteiger partial charge in [0.2, 0.25) is 0 Å². The Labute approximate surface area is 278 Å². The predicted octanol–water partition coefficient (Wildman–Crippen LogP) is 4.30. The number of carbonyl (C=O) groups excluding carboxylic acids is 4. The van der Waals surface area contributed by atoms with Crippen LogP contribution in [0.15, 0.2) is 121 Å². The van der Waals surface area contributed by atoms with Gasteiger partial charge in [-0.05, 0) is 48.5 Å². The van der Waals surface area contributed by atoms with Crippen molar-refractivity contribution in [3.05, 3.63) is 144 Å². The average molecular weight is 653 g/mol. The first-order chi connectivity index (χ1) is 23.4. The van der Waals surface area contributed by atoms with Gasteiger partial charge in [-0.25, -0.2) is 19.2 Å². The van der Waals surface area contributed by atoms with Crippen molar-refractivity contribution in [1.82, 2.24) is 20.3 Å². The molecule has 4 aromatic rings. The van der Waals surface area contributed by atoms with E-state index < -0.39 is 23.9 Å². The van der Waals surface area contributed by atoms with Gasteiger partial charge in [0, 0.05) is 0 Å². The highest BCUT2D eigenvalue weighted by molar-refractivity contribution is 5.90. The lowest BCUT2D eigenvalue weighted by atomic mass is 10.2. The van der Waals surface area contributed by atoms with Crippen molar-refractivity contribution >= 4 is 23.9 Å². The summed E-state index contributed by atoms with van der Waals surface area (Å²) in [5.41, 5.74) is 1.44. The molecule has 0 bridgehead atoms. The Morgan fingerprint density at radius 3 is 0.646 bits per heavy atom. The number of benzene rings is 4. The third kappa shape index (κ3) is 10.3. The van der Waals surface area contributed by atoms with E-state index in [0.29, 0.717) is 22.3 Å². The first-order valence-corrected chi connectivity index (χ1v) is 15.5. The Morgan fingerprint density at radius 2 is 0.479 bits per heavy atom. The summed E-state index contributed by atoms with van der Waals surface area (Å²) in [6.45, 7) is 1.04. The molecule has 0 radical (unpaired) electrons. The summed E-state index contributed by atoms with van der Waals surface area (Å²) in [6.07, 6.45) is 0. The van der Waals surface area contributed by atoms with Crippen molar-refractivity contribution in [2.45, 2.75) is 0 Å². The van der Waals surface area contributed by atoms with E-state index in [1.807, 2.05) is 0 Å². The minimum Gasteiger partial charge on any atom is -0.364 e. The zero-order chi connectivity index (χ0) is 33.6. The summed E-state index contributed by atoms with van der Waals surface area (Å²) in [5.74, 6) is -2.27. The molecule has 1 saturated heterocycles. The SMILES string of the molecule is O=C(ON1CCN(OC(=O)c2ccccc2)CCN(OC(=O)c2ccccc2)CCN(OC(=O)c2ccccc2)CC1)c1ccccc1. The number of carbonyl (C=O) groups is 4. The number of rotatable bonds is 8. The summed E-state index contributed by atoms with van der Waals surface area (Å²) in [4.78, 5) is 75.1. The van der Waals surface area contributed by atoms with Gasteiger partial charge in [-0.1, -0.05) is 72.8 Å². The predicted molar refractivity (Wildman–Crippen MR) is 174 cm³/mol. The molecule has 0 saturated carbocycles. The third-order valence-electron chi connectivity index (χ3n) is 7.28. The van der Waals surface area contributed by atoms with Gasteiger partial charge < -0.3 is 19.4 Å². The van der Waals surface area contributed by atoms with Crippen LogP contribution in [0.5, 0.6) is 0 Å².